The molecule has 112 valence electrons. The van der Waals surface area contributed by atoms with Gasteiger partial charge in [0.2, 0.25) is 10.0 Å². The molecule has 0 spiro atoms. The Hall–Kier alpha value is -1.11. The van der Waals surface area contributed by atoms with Gasteiger partial charge in [0, 0.05) is 13.1 Å². The number of carboxylic acid groups (broad SMARTS) is 1. The molecule has 0 aromatic heterocycles. The zero-order valence-electron chi connectivity index (χ0n) is 11.8. The number of sulfonamides is 1. The standard InChI is InChI=1S/C13H18ClNO4S/c1-8(2)9(3)15(4)20(18,19)12-7-10(13(16)17)5-6-11(12)14/h5-9H,1-4H3,(H,16,17). The van der Waals surface area contributed by atoms with Crippen molar-refractivity contribution in [3.8, 4) is 0 Å². The number of nitrogens with zero attached hydrogens (tertiary/aromatic N) is 1. The van der Waals surface area contributed by atoms with Gasteiger partial charge in [-0.05, 0) is 31.0 Å². The highest BCUT2D eigenvalue weighted by molar-refractivity contribution is 7.89. The summed E-state index contributed by atoms with van der Waals surface area (Å²) < 4.78 is 26.3. The molecule has 0 amide bonds. The van der Waals surface area contributed by atoms with Gasteiger partial charge in [0.1, 0.15) is 4.90 Å². The largest absolute Gasteiger partial charge is 0.478 e. The van der Waals surface area contributed by atoms with E-state index in [0.717, 1.165) is 6.07 Å². The van der Waals surface area contributed by atoms with Crippen LogP contribution in [0.4, 0.5) is 0 Å². The van der Waals surface area contributed by atoms with Crippen LogP contribution in [0, 0.1) is 5.92 Å². The molecule has 0 aliphatic heterocycles. The Morgan fingerprint density at radius 1 is 1.30 bits per heavy atom. The first-order chi connectivity index (χ1) is 9.09. The Balaban J connectivity index is 3.35. The molecule has 0 heterocycles. The molecule has 1 aromatic rings. The van der Waals surface area contributed by atoms with E-state index in [9.17, 15) is 13.2 Å². The molecule has 20 heavy (non-hydrogen) atoms. The van der Waals surface area contributed by atoms with Crippen molar-refractivity contribution in [2.24, 2.45) is 5.92 Å². The van der Waals surface area contributed by atoms with Crippen LogP contribution >= 0.6 is 11.6 Å². The fraction of sp³-hybridized carbons (Fsp3) is 0.462. The molecular formula is C13H18ClNO4S. The topological polar surface area (TPSA) is 74.7 Å². The van der Waals surface area contributed by atoms with Gasteiger partial charge in [-0.1, -0.05) is 25.4 Å². The van der Waals surface area contributed by atoms with Gasteiger partial charge in [-0.15, -0.1) is 0 Å². The van der Waals surface area contributed by atoms with Crippen LogP contribution in [0.3, 0.4) is 0 Å². The van der Waals surface area contributed by atoms with Crippen molar-refractivity contribution in [3.63, 3.8) is 0 Å². The summed E-state index contributed by atoms with van der Waals surface area (Å²) in [6.07, 6.45) is 0. The number of carboxylic acids is 1. The Bertz CT molecular complexity index is 613. The van der Waals surface area contributed by atoms with Gasteiger partial charge in [-0.2, -0.15) is 4.31 Å². The quantitative estimate of drug-likeness (QED) is 0.905. The van der Waals surface area contributed by atoms with Crippen LogP contribution in [0.15, 0.2) is 23.1 Å². The van der Waals surface area contributed by atoms with Crippen LogP contribution in [0.25, 0.3) is 0 Å². The number of hydrogen-bond acceptors (Lipinski definition) is 3. The van der Waals surface area contributed by atoms with Crippen molar-refractivity contribution in [1.29, 1.82) is 0 Å². The summed E-state index contributed by atoms with van der Waals surface area (Å²) >= 11 is 5.91. The third-order valence-corrected chi connectivity index (χ3v) is 5.80. The first-order valence-electron chi connectivity index (χ1n) is 6.10. The van der Waals surface area contributed by atoms with Gasteiger partial charge in [-0.25, -0.2) is 13.2 Å². The van der Waals surface area contributed by atoms with E-state index >= 15 is 0 Å². The molecule has 0 aliphatic rings. The summed E-state index contributed by atoms with van der Waals surface area (Å²) in [6, 6.07) is 3.41. The smallest absolute Gasteiger partial charge is 0.335 e. The van der Waals surface area contributed by atoms with Crippen LogP contribution in [0.5, 0.6) is 0 Å². The number of benzene rings is 1. The molecule has 5 nitrogen and oxygen atoms in total. The Morgan fingerprint density at radius 3 is 2.30 bits per heavy atom. The molecule has 1 N–H and O–H groups in total. The lowest BCUT2D eigenvalue weighted by atomic mass is 10.1. The normalized spacial score (nSPS) is 13.8. The van der Waals surface area contributed by atoms with E-state index in [1.165, 1.54) is 23.5 Å². The minimum atomic E-state index is -3.83. The summed E-state index contributed by atoms with van der Waals surface area (Å²) in [7, 11) is -2.37. The van der Waals surface area contributed by atoms with Gasteiger partial charge in [-0.3, -0.25) is 0 Å². The first kappa shape index (κ1) is 16.9. The van der Waals surface area contributed by atoms with Gasteiger partial charge >= 0.3 is 5.97 Å². The predicted molar refractivity (Wildman–Crippen MR) is 77.7 cm³/mol. The van der Waals surface area contributed by atoms with Gasteiger partial charge < -0.3 is 5.11 Å². The molecule has 1 unspecified atom stereocenters. The van der Waals surface area contributed by atoms with Crippen molar-refractivity contribution in [1.82, 2.24) is 4.31 Å². The second-order valence-electron chi connectivity index (χ2n) is 4.96. The Morgan fingerprint density at radius 2 is 1.85 bits per heavy atom. The fourth-order valence-corrected chi connectivity index (χ4v) is 3.62. The molecule has 1 rings (SSSR count). The first-order valence-corrected chi connectivity index (χ1v) is 7.91. The lowest BCUT2D eigenvalue weighted by Gasteiger charge is -2.27. The molecule has 0 fully saturated rings. The van der Waals surface area contributed by atoms with Crippen LogP contribution in [0.2, 0.25) is 5.02 Å². The average molecular weight is 320 g/mol. The third-order valence-electron chi connectivity index (χ3n) is 3.37. The summed E-state index contributed by atoms with van der Waals surface area (Å²) in [5, 5.41) is 8.96. The average Bonchev–Trinajstić information content (AvgIpc) is 2.36. The summed E-state index contributed by atoms with van der Waals surface area (Å²) in [5.74, 6) is -1.08. The second-order valence-corrected chi connectivity index (χ2v) is 7.33. The Kier molecular flexibility index (Phi) is 5.18. The molecule has 0 aliphatic carbocycles. The van der Waals surface area contributed by atoms with Gasteiger partial charge in [0.05, 0.1) is 10.6 Å². The summed E-state index contributed by atoms with van der Waals surface area (Å²) in [4.78, 5) is 10.8. The van der Waals surface area contributed by atoms with E-state index in [2.05, 4.69) is 0 Å². The van der Waals surface area contributed by atoms with Crippen molar-refractivity contribution in [3.05, 3.63) is 28.8 Å². The SMILES string of the molecule is CC(C)C(C)N(C)S(=O)(=O)c1cc(C(=O)O)ccc1Cl. The van der Waals surface area contributed by atoms with E-state index in [1.54, 1.807) is 6.92 Å². The minimum Gasteiger partial charge on any atom is -0.478 e. The third kappa shape index (κ3) is 3.31. The number of carbonyl (C=O) groups is 1. The van der Waals surface area contributed by atoms with Crippen molar-refractivity contribution in [2.75, 3.05) is 7.05 Å². The fourth-order valence-electron chi connectivity index (χ4n) is 1.63. The number of aromatic carboxylic acids is 1. The molecular weight excluding hydrogens is 302 g/mol. The molecule has 1 aromatic carbocycles. The Labute approximate surface area is 124 Å². The lowest BCUT2D eigenvalue weighted by Crippen LogP contribution is -2.38. The maximum absolute atomic E-state index is 12.5. The van der Waals surface area contributed by atoms with E-state index in [-0.39, 0.29) is 27.4 Å². The minimum absolute atomic E-state index is 0.0119. The van der Waals surface area contributed by atoms with Crippen molar-refractivity contribution < 1.29 is 18.3 Å². The molecule has 1 atom stereocenters. The molecule has 7 heteroatoms. The van der Waals surface area contributed by atoms with Gasteiger partial charge in [0.25, 0.3) is 0 Å². The van der Waals surface area contributed by atoms with E-state index < -0.39 is 16.0 Å². The van der Waals surface area contributed by atoms with Gasteiger partial charge in [0.15, 0.2) is 0 Å². The van der Waals surface area contributed by atoms with Crippen LogP contribution in [-0.2, 0) is 10.0 Å². The number of hydrogen-bond donors (Lipinski definition) is 1. The van der Waals surface area contributed by atoms with Crippen molar-refractivity contribution >= 4 is 27.6 Å². The van der Waals surface area contributed by atoms with Crippen LogP contribution in [-0.4, -0.2) is 36.9 Å². The van der Waals surface area contributed by atoms with E-state index in [4.69, 9.17) is 16.7 Å². The summed E-state index contributed by atoms with van der Waals surface area (Å²) in [6.45, 7) is 5.61. The predicted octanol–water partition coefficient (Wildman–Crippen LogP) is 2.70. The lowest BCUT2D eigenvalue weighted by molar-refractivity contribution is 0.0696. The maximum atomic E-state index is 12.5. The van der Waals surface area contributed by atoms with E-state index in [1.807, 2.05) is 13.8 Å². The monoisotopic (exact) mass is 319 g/mol. The highest BCUT2D eigenvalue weighted by Crippen LogP contribution is 2.27. The molecule has 0 saturated heterocycles. The number of halogens is 1. The van der Waals surface area contributed by atoms with Crippen LogP contribution in [0.1, 0.15) is 31.1 Å². The molecule has 0 bridgehead atoms. The zero-order valence-corrected chi connectivity index (χ0v) is 13.4. The highest BCUT2D eigenvalue weighted by atomic mass is 35.5. The van der Waals surface area contributed by atoms with E-state index in [0.29, 0.717) is 0 Å². The maximum Gasteiger partial charge on any atom is 0.335 e. The van der Waals surface area contributed by atoms with Crippen molar-refractivity contribution in [2.45, 2.75) is 31.7 Å². The second kappa shape index (κ2) is 6.11. The zero-order chi connectivity index (χ0) is 15.7. The number of rotatable bonds is 5. The molecule has 0 saturated carbocycles. The van der Waals surface area contributed by atoms with Crippen LogP contribution < -0.4 is 0 Å². The highest BCUT2D eigenvalue weighted by Gasteiger charge is 2.29. The molecule has 0 radical (unpaired) electrons. The summed E-state index contributed by atoms with van der Waals surface area (Å²) in [5.41, 5.74) is -0.112.